The van der Waals surface area contributed by atoms with Crippen LogP contribution in [0.4, 0.5) is 0 Å². The predicted octanol–water partition coefficient (Wildman–Crippen LogP) is 0.587. The van der Waals surface area contributed by atoms with E-state index in [9.17, 15) is 0 Å². The number of hydrogen-bond acceptors (Lipinski definition) is 4. The zero-order valence-electron chi connectivity index (χ0n) is 8.69. The first-order valence-corrected chi connectivity index (χ1v) is 5.24. The third-order valence-electron chi connectivity index (χ3n) is 2.31. The molecular weight excluding hydrogens is 192 g/mol. The van der Waals surface area contributed by atoms with Gasteiger partial charge in [-0.05, 0) is 11.6 Å². The topological polar surface area (TPSA) is 43.4 Å². The van der Waals surface area contributed by atoms with Crippen molar-refractivity contribution in [3.05, 3.63) is 30.1 Å². The van der Waals surface area contributed by atoms with Crippen LogP contribution in [0, 0.1) is 0 Å². The average Bonchev–Trinajstić information content (AvgIpc) is 2.32. The second-order valence-electron chi connectivity index (χ2n) is 3.56. The lowest BCUT2D eigenvalue weighted by Gasteiger charge is -2.23. The molecule has 0 aliphatic carbocycles. The summed E-state index contributed by atoms with van der Waals surface area (Å²) >= 11 is 0. The lowest BCUT2D eigenvalue weighted by Crippen LogP contribution is -2.37. The molecule has 1 unspecified atom stereocenters. The molecule has 0 spiro atoms. The fourth-order valence-electron chi connectivity index (χ4n) is 1.53. The summed E-state index contributed by atoms with van der Waals surface area (Å²) in [5, 5.41) is 3.33. The molecule has 0 bridgehead atoms. The number of pyridine rings is 1. The Morgan fingerprint density at radius 1 is 1.47 bits per heavy atom. The Morgan fingerprint density at radius 3 is 3.20 bits per heavy atom. The van der Waals surface area contributed by atoms with Crippen LogP contribution in [0.15, 0.2) is 24.5 Å². The zero-order chi connectivity index (χ0) is 10.3. The van der Waals surface area contributed by atoms with Gasteiger partial charge >= 0.3 is 0 Å². The molecule has 1 saturated heterocycles. The summed E-state index contributed by atoms with van der Waals surface area (Å²) in [6, 6.07) is 4.00. The van der Waals surface area contributed by atoms with Gasteiger partial charge in [0.05, 0.1) is 25.9 Å². The van der Waals surface area contributed by atoms with Crippen molar-refractivity contribution in [1.82, 2.24) is 10.3 Å². The SMILES string of the molecule is c1cncc(CNCC2COCCO2)c1. The highest BCUT2D eigenvalue weighted by Crippen LogP contribution is 2.00. The molecule has 2 heterocycles. The van der Waals surface area contributed by atoms with E-state index in [1.54, 1.807) is 6.20 Å². The van der Waals surface area contributed by atoms with Crippen LogP contribution in [0.3, 0.4) is 0 Å². The number of nitrogens with zero attached hydrogens (tertiary/aromatic N) is 1. The summed E-state index contributed by atoms with van der Waals surface area (Å²) in [4.78, 5) is 4.05. The minimum absolute atomic E-state index is 0.190. The Labute approximate surface area is 89.6 Å². The summed E-state index contributed by atoms with van der Waals surface area (Å²) in [5.41, 5.74) is 1.19. The predicted molar refractivity (Wildman–Crippen MR) is 56.5 cm³/mol. The van der Waals surface area contributed by atoms with Gasteiger partial charge in [0.2, 0.25) is 0 Å². The standard InChI is InChI=1S/C11H16N2O2/c1-2-10(6-12-3-1)7-13-8-11-9-14-4-5-15-11/h1-3,6,11,13H,4-5,7-9H2. The molecule has 15 heavy (non-hydrogen) atoms. The third-order valence-corrected chi connectivity index (χ3v) is 2.31. The van der Waals surface area contributed by atoms with Crippen molar-refractivity contribution in [2.45, 2.75) is 12.6 Å². The van der Waals surface area contributed by atoms with Crippen molar-refractivity contribution in [2.24, 2.45) is 0 Å². The average molecular weight is 208 g/mol. The summed E-state index contributed by atoms with van der Waals surface area (Å²) in [7, 11) is 0. The van der Waals surface area contributed by atoms with Crippen LogP contribution < -0.4 is 5.32 Å². The highest BCUT2D eigenvalue weighted by atomic mass is 16.6. The normalized spacial score (nSPS) is 21.5. The lowest BCUT2D eigenvalue weighted by atomic mass is 10.3. The van der Waals surface area contributed by atoms with Crippen LogP contribution in [0.1, 0.15) is 5.56 Å². The molecule has 2 rings (SSSR count). The molecule has 1 aromatic rings. The van der Waals surface area contributed by atoms with Gasteiger partial charge in [-0.3, -0.25) is 4.98 Å². The third kappa shape index (κ3) is 3.58. The maximum absolute atomic E-state index is 5.51. The molecule has 4 nitrogen and oxygen atoms in total. The monoisotopic (exact) mass is 208 g/mol. The zero-order valence-corrected chi connectivity index (χ0v) is 8.69. The van der Waals surface area contributed by atoms with Gasteiger partial charge < -0.3 is 14.8 Å². The van der Waals surface area contributed by atoms with E-state index < -0.39 is 0 Å². The van der Waals surface area contributed by atoms with Crippen molar-refractivity contribution in [1.29, 1.82) is 0 Å². The van der Waals surface area contributed by atoms with E-state index in [1.165, 1.54) is 5.56 Å². The van der Waals surface area contributed by atoms with Crippen LogP contribution in [0.5, 0.6) is 0 Å². The Hall–Kier alpha value is -0.970. The van der Waals surface area contributed by atoms with Gasteiger partial charge in [0, 0.05) is 25.5 Å². The van der Waals surface area contributed by atoms with Crippen LogP contribution in [-0.2, 0) is 16.0 Å². The van der Waals surface area contributed by atoms with E-state index in [1.807, 2.05) is 12.3 Å². The Bertz CT molecular complexity index is 273. The molecule has 0 radical (unpaired) electrons. The maximum Gasteiger partial charge on any atom is 0.0933 e. The quantitative estimate of drug-likeness (QED) is 0.786. The molecular formula is C11H16N2O2. The van der Waals surface area contributed by atoms with E-state index in [0.29, 0.717) is 13.2 Å². The summed E-state index contributed by atoms with van der Waals surface area (Å²) < 4.78 is 10.8. The molecule has 1 aromatic heterocycles. The number of aromatic nitrogens is 1. The summed E-state index contributed by atoms with van der Waals surface area (Å²) in [6.45, 7) is 3.78. The molecule has 82 valence electrons. The first-order chi connectivity index (χ1) is 7.45. The Balaban J connectivity index is 1.66. The number of rotatable bonds is 4. The lowest BCUT2D eigenvalue weighted by molar-refractivity contribution is -0.0864. The van der Waals surface area contributed by atoms with Gasteiger partial charge in [0.25, 0.3) is 0 Å². The fourth-order valence-corrected chi connectivity index (χ4v) is 1.53. The summed E-state index contributed by atoms with van der Waals surface area (Å²) in [6.07, 6.45) is 3.84. The first kappa shape index (κ1) is 10.5. The van der Waals surface area contributed by atoms with Crippen molar-refractivity contribution in [3.63, 3.8) is 0 Å². The smallest absolute Gasteiger partial charge is 0.0933 e. The van der Waals surface area contributed by atoms with E-state index in [0.717, 1.165) is 19.7 Å². The minimum Gasteiger partial charge on any atom is -0.376 e. The molecule has 1 N–H and O–H groups in total. The molecule has 0 amide bonds. The second-order valence-corrected chi connectivity index (χ2v) is 3.56. The number of hydrogen-bond donors (Lipinski definition) is 1. The number of ether oxygens (including phenoxy) is 2. The molecule has 1 aliphatic heterocycles. The highest BCUT2D eigenvalue weighted by molar-refractivity contribution is 5.07. The van der Waals surface area contributed by atoms with Gasteiger partial charge in [-0.2, -0.15) is 0 Å². The van der Waals surface area contributed by atoms with Crippen molar-refractivity contribution in [3.8, 4) is 0 Å². The fraction of sp³-hybridized carbons (Fsp3) is 0.545. The van der Waals surface area contributed by atoms with Gasteiger partial charge in [-0.1, -0.05) is 6.07 Å². The van der Waals surface area contributed by atoms with E-state index >= 15 is 0 Å². The summed E-state index contributed by atoms with van der Waals surface area (Å²) in [5.74, 6) is 0. The Morgan fingerprint density at radius 2 is 2.47 bits per heavy atom. The second kappa shape index (κ2) is 5.80. The van der Waals surface area contributed by atoms with E-state index in [2.05, 4.69) is 16.4 Å². The number of nitrogens with one attached hydrogen (secondary N) is 1. The molecule has 0 saturated carbocycles. The van der Waals surface area contributed by atoms with Crippen LogP contribution in [0.25, 0.3) is 0 Å². The van der Waals surface area contributed by atoms with Crippen LogP contribution in [-0.4, -0.2) is 37.5 Å². The van der Waals surface area contributed by atoms with Crippen LogP contribution >= 0.6 is 0 Å². The minimum atomic E-state index is 0.190. The maximum atomic E-state index is 5.51. The van der Waals surface area contributed by atoms with Gasteiger partial charge in [0.1, 0.15) is 0 Å². The highest BCUT2D eigenvalue weighted by Gasteiger charge is 2.13. The van der Waals surface area contributed by atoms with Gasteiger partial charge in [-0.15, -0.1) is 0 Å². The van der Waals surface area contributed by atoms with Crippen molar-refractivity contribution in [2.75, 3.05) is 26.4 Å². The van der Waals surface area contributed by atoms with E-state index in [4.69, 9.17) is 9.47 Å². The largest absolute Gasteiger partial charge is 0.376 e. The van der Waals surface area contributed by atoms with Crippen molar-refractivity contribution < 1.29 is 9.47 Å². The molecule has 1 aliphatic rings. The van der Waals surface area contributed by atoms with Gasteiger partial charge in [-0.25, -0.2) is 0 Å². The van der Waals surface area contributed by atoms with E-state index in [-0.39, 0.29) is 6.10 Å². The molecule has 0 aromatic carbocycles. The molecule has 1 fully saturated rings. The van der Waals surface area contributed by atoms with Crippen molar-refractivity contribution >= 4 is 0 Å². The first-order valence-electron chi connectivity index (χ1n) is 5.24. The Kier molecular flexibility index (Phi) is 4.08. The molecule has 4 heteroatoms. The van der Waals surface area contributed by atoms with Gasteiger partial charge in [0.15, 0.2) is 0 Å². The molecule has 1 atom stereocenters. The van der Waals surface area contributed by atoms with Crippen LogP contribution in [0.2, 0.25) is 0 Å².